The Morgan fingerprint density at radius 1 is 1.04 bits per heavy atom. The Kier molecular flexibility index (Phi) is 8.00. The van der Waals surface area contributed by atoms with Gasteiger partial charge < -0.3 is 14.8 Å². The molecule has 0 saturated heterocycles. The first-order valence-electron chi connectivity index (χ1n) is 9.19. The molecule has 2 aromatic rings. The number of carbonyl (C=O) groups excluding carboxylic acids is 1. The van der Waals surface area contributed by atoms with E-state index < -0.39 is 0 Å². The Labute approximate surface area is 156 Å². The number of aryl methyl sites for hydroxylation is 2. The van der Waals surface area contributed by atoms with Crippen LogP contribution in [0.4, 0.5) is 0 Å². The number of carbonyl (C=O) groups is 1. The van der Waals surface area contributed by atoms with E-state index in [1.165, 1.54) is 5.56 Å². The van der Waals surface area contributed by atoms with Crippen LogP contribution in [0, 0.1) is 13.8 Å². The Bertz CT molecular complexity index is 712. The Morgan fingerprint density at radius 3 is 2.65 bits per heavy atom. The highest BCUT2D eigenvalue weighted by atomic mass is 16.5. The van der Waals surface area contributed by atoms with Crippen LogP contribution in [0.5, 0.6) is 11.5 Å². The van der Waals surface area contributed by atoms with Gasteiger partial charge in [0.1, 0.15) is 11.5 Å². The standard InChI is InChI=1S/C22H29NO3/c1-17-11-12-18(2)21(16-17)26-15-7-6-10-22(24)23-14-13-19-8-4-5-9-20(19)25-3/h4-5,8-9,11-12,16H,6-7,10,13-15H2,1-3H3,(H,23,24). The van der Waals surface area contributed by atoms with Crippen LogP contribution in [0.25, 0.3) is 0 Å². The average Bonchev–Trinajstić information content (AvgIpc) is 2.64. The van der Waals surface area contributed by atoms with Crippen molar-refractivity contribution in [3.05, 3.63) is 59.2 Å². The average molecular weight is 355 g/mol. The number of methoxy groups -OCH3 is 1. The van der Waals surface area contributed by atoms with Crippen LogP contribution >= 0.6 is 0 Å². The SMILES string of the molecule is COc1ccccc1CCNC(=O)CCCCOc1cc(C)ccc1C. The third kappa shape index (κ3) is 6.43. The second kappa shape index (κ2) is 10.5. The van der Waals surface area contributed by atoms with Crippen molar-refractivity contribution in [3.8, 4) is 11.5 Å². The van der Waals surface area contributed by atoms with Gasteiger partial charge in [-0.25, -0.2) is 0 Å². The smallest absolute Gasteiger partial charge is 0.220 e. The van der Waals surface area contributed by atoms with Gasteiger partial charge in [-0.3, -0.25) is 4.79 Å². The molecule has 0 fully saturated rings. The molecule has 0 heterocycles. The van der Waals surface area contributed by atoms with E-state index in [1.807, 2.05) is 31.2 Å². The predicted molar refractivity (Wildman–Crippen MR) is 105 cm³/mol. The van der Waals surface area contributed by atoms with Gasteiger partial charge >= 0.3 is 0 Å². The maximum absolute atomic E-state index is 11.9. The molecule has 0 spiro atoms. The molecule has 2 rings (SSSR count). The number of hydrogen-bond donors (Lipinski definition) is 1. The minimum absolute atomic E-state index is 0.0895. The number of unbranched alkanes of at least 4 members (excludes halogenated alkanes) is 1. The van der Waals surface area contributed by atoms with E-state index in [9.17, 15) is 4.79 Å². The normalized spacial score (nSPS) is 10.4. The third-order valence-electron chi connectivity index (χ3n) is 4.31. The van der Waals surface area contributed by atoms with Crippen LogP contribution in [0.15, 0.2) is 42.5 Å². The summed E-state index contributed by atoms with van der Waals surface area (Å²) >= 11 is 0. The summed E-state index contributed by atoms with van der Waals surface area (Å²) in [5.74, 6) is 1.89. The number of hydrogen-bond acceptors (Lipinski definition) is 3. The van der Waals surface area contributed by atoms with Crippen LogP contribution < -0.4 is 14.8 Å². The Balaban J connectivity index is 1.60. The van der Waals surface area contributed by atoms with Gasteiger partial charge in [-0.1, -0.05) is 30.3 Å². The first-order chi connectivity index (χ1) is 12.6. The molecule has 0 aliphatic carbocycles. The third-order valence-corrected chi connectivity index (χ3v) is 4.31. The number of benzene rings is 2. The van der Waals surface area contributed by atoms with E-state index in [0.29, 0.717) is 19.6 Å². The van der Waals surface area contributed by atoms with E-state index in [-0.39, 0.29) is 5.91 Å². The summed E-state index contributed by atoms with van der Waals surface area (Å²) < 4.78 is 11.1. The molecule has 0 saturated carbocycles. The molecule has 1 N–H and O–H groups in total. The van der Waals surface area contributed by atoms with Crippen molar-refractivity contribution in [2.75, 3.05) is 20.3 Å². The van der Waals surface area contributed by atoms with Crippen LogP contribution in [0.3, 0.4) is 0 Å². The monoisotopic (exact) mass is 355 g/mol. The molecule has 0 aliphatic rings. The molecule has 2 aromatic carbocycles. The molecule has 1 amide bonds. The minimum atomic E-state index is 0.0895. The van der Waals surface area contributed by atoms with Gasteiger partial charge in [0.2, 0.25) is 5.91 Å². The summed E-state index contributed by atoms with van der Waals surface area (Å²) in [7, 11) is 1.66. The molecular formula is C22H29NO3. The summed E-state index contributed by atoms with van der Waals surface area (Å²) in [5, 5.41) is 2.97. The zero-order chi connectivity index (χ0) is 18.8. The summed E-state index contributed by atoms with van der Waals surface area (Å²) in [6.45, 7) is 5.36. The van der Waals surface area contributed by atoms with Crippen LogP contribution in [0.1, 0.15) is 36.0 Å². The maximum Gasteiger partial charge on any atom is 0.220 e. The first-order valence-corrected chi connectivity index (χ1v) is 9.19. The van der Waals surface area contributed by atoms with Crippen molar-refractivity contribution in [1.29, 1.82) is 0 Å². The first kappa shape index (κ1) is 19.8. The van der Waals surface area contributed by atoms with Gasteiger partial charge in [0, 0.05) is 13.0 Å². The fraction of sp³-hybridized carbons (Fsp3) is 0.409. The second-order valence-corrected chi connectivity index (χ2v) is 6.49. The summed E-state index contributed by atoms with van der Waals surface area (Å²) in [5.41, 5.74) is 3.45. The van der Waals surface area contributed by atoms with E-state index in [0.717, 1.165) is 41.9 Å². The number of ether oxygens (including phenoxy) is 2. The van der Waals surface area contributed by atoms with Crippen molar-refractivity contribution in [2.24, 2.45) is 0 Å². The molecule has 26 heavy (non-hydrogen) atoms. The van der Waals surface area contributed by atoms with Crippen LogP contribution in [-0.2, 0) is 11.2 Å². The van der Waals surface area contributed by atoms with Crippen molar-refractivity contribution in [1.82, 2.24) is 5.32 Å². The molecule has 0 aromatic heterocycles. The highest BCUT2D eigenvalue weighted by Gasteiger charge is 2.05. The van der Waals surface area contributed by atoms with Gasteiger partial charge in [-0.2, -0.15) is 0 Å². The van der Waals surface area contributed by atoms with Crippen molar-refractivity contribution < 1.29 is 14.3 Å². The molecule has 4 heteroatoms. The number of rotatable bonds is 10. The van der Waals surface area contributed by atoms with Gasteiger partial charge in [0.15, 0.2) is 0 Å². The molecule has 140 valence electrons. The highest BCUT2D eigenvalue weighted by Crippen LogP contribution is 2.19. The molecule has 4 nitrogen and oxygen atoms in total. The van der Waals surface area contributed by atoms with E-state index >= 15 is 0 Å². The van der Waals surface area contributed by atoms with Gasteiger partial charge in [-0.05, 0) is 61.9 Å². The Morgan fingerprint density at radius 2 is 1.85 bits per heavy atom. The van der Waals surface area contributed by atoms with Gasteiger partial charge in [0.05, 0.1) is 13.7 Å². The van der Waals surface area contributed by atoms with Crippen LogP contribution in [0.2, 0.25) is 0 Å². The molecule has 0 atom stereocenters. The highest BCUT2D eigenvalue weighted by molar-refractivity contribution is 5.75. The lowest BCUT2D eigenvalue weighted by Gasteiger charge is -2.10. The Hall–Kier alpha value is -2.49. The zero-order valence-corrected chi connectivity index (χ0v) is 16.0. The van der Waals surface area contributed by atoms with Gasteiger partial charge in [-0.15, -0.1) is 0 Å². The van der Waals surface area contributed by atoms with Crippen molar-refractivity contribution >= 4 is 5.91 Å². The summed E-state index contributed by atoms with van der Waals surface area (Å²) in [6, 6.07) is 14.1. The summed E-state index contributed by atoms with van der Waals surface area (Å²) in [6.07, 6.45) is 2.99. The predicted octanol–water partition coefficient (Wildman–Crippen LogP) is 4.22. The fourth-order valence-electron chi connectivity index (χ4n) is 2.77. The van der Waals surface area contributed by atoms with Gasteiger partial charge in [0.25, 0.3) is 0 Å². The quantitative estimate of drug-likeness (QED) is 0.649. The number of nitrogens with one attached hydrogen (secondary N) is 1. The largest absolute Gasteiger partial charge is 0.496 e. The van der Waals surface area contributed by atoms with Crippen molar-refractivity contribution in [2.45, 2.75) is 39.5 Å². The van der Waals surface area contributed by atoms with E-state index in [1.54, 1.807) is 7.11 Å². The molecule has 0 unspecified atom stereocenters. The second-order valence-electron chi connectivity index (χ2n) is 6.49. The van der Waals surface area contributed by atoms with Crippen molar-refractivity contribution in [3.63, 3.8) is 0 Å². The number of para-hydroxylation sites is 1. The van der Waals surface area contributed by atoms with E-state index in [2.05, 4.69) is 30.4 Å². The fourth-order valence-corrected chi connectivity index (χ4v) is 2.77. The lowest BCUT2D eigenvalue weighted by Crippen LogP contribution is -2.25. The topological polar surface area (TPSA) is 47.6 Å². The minimum Gasteiger partial charge on any atom is -0.496 e. The van der Waals surface area contributed by atoms with Crippen LogP contribution in [-0.4, -0.2) is 26.2 Å². The number of amides is 1. The lowest BCUT2D eigenvalue weighted by molar-refractivity contribution is -0.121. The van der Waals surface area contributed by atoms with E-state index in [4.69, 9.17) is 9.47 Å². The maximum atomic E-state index is 11.9. The molecule has 0 aliphatic heterocycles. The zero-order valence-electron chi connectivity index (χ0n) is 16.0. The molecule has 0 bridgehead atoms. The lowest BCUT2D eigenvalue weighted by atomic mass is 10.1. The summed E-state index contributed by atoms with van der Waals surface area (Å²) in [4.78, 5) is 11.9. The molecular weight excluding hydrogens is 326 g/mol. The molecule has 0 radical (unpaired) electrons.